The number of benzene rings is 2. The summed E-state index contributed by atoms with van der Waals surface area (Å²) in [5, 5.41) is 0.717. The molecular weight excluding hydrogens is 320 g/mol. The van der Waals surface area contributed by atoms with Crippen molar-refractivity contribution in [2.24, 2.45) is 4.99 Å². The van der Waals surface area contributed by atoms with Crippen LogP contribution in [0.4, 0.5) is 0 Å². The summed E-state index contributed by atoms with van der Waals surface area (Å²) in [7, 11) is 0. The van der Waals surface area contributed by atoms with Crippen molar-refractivity contribution < 1.29 is 4.79 Å². The maximum absolute atomic E-state index is 11.7. The Labute approximate surface area is 145 Å². The number of aromatic nitrogens is 1. The summed E-state index contributed by atoms with van der Waals surface area (Å²) in [4.78, 5) is 16.5. The number of aliphatic imine (C=N–C) groups is 1. The van der Waals surface area contributed by atoms with E-state index in [0.717, 1.165) is 33.2 Å². The van der Waals surface area contributed by atoms with E-state index in [-0.39, 0.29) is 5.78 Å². The van der Waals surface area contributed by atoms with Gasteiger partial charge in [0.1, 0.15) is 0 Å². The van der Waals surface area contributed by atoms with Crippen LogP contribution < -0.4 is 0 Å². The number of fused-ring (bicyclic) bond motifs is 3. The Morgan fingerprint density at radius 1 is 1.12 bits per heavy atom. The van der Waals surface area contributed by atoms with Gasteiger partial charge in [-0.05, 0) is 37.3 Å². The average Bonchev–Trinajstić information content (AvgIpc) is 3.00. The number of Topliss-reactive ketones (excluding diaryl/α,β-unsaturated/α-hetero) is 1. The number of rotatable bonds is 2. The fourth-order valence-electron chi connectivity index (χ4n) is 3.08. The van der Waals surface area contributed by atoms with Crippen molar-refractivity contribution in [1.82, 2.24) is 4.57 Å². The Bertz CT molecular complexity index is 985. The van der Waals surface area contributed by atoms with Gasteiger partial charge in [0.15, 0.2) is 5.78 Å². The molecule has 0 radical (unpaired) electrons. The van der Waals surface area contributed by atoms with Crippen LogP contribution in [0.3, 0.4) is 0 Å². The van der Waals surface area contributed by atoms with Crippen molar-refractivity contribution in [2.75, 3.05) is 0 Å². The van der Waals surface area contributed by atoms with Crippen molar-refractivity contribution >= 4 is 23.1 Å². The lowest BCUT2D eigenvalue weighted by Crippen LogP contribution is -2.09. The largest absolute Gasteiger partial charge is 0.315 e. The van der Waals surface area contributed by atoms with Crippen molar-refractivity contribution in [1.29, 1.82) is 0 Å². The number of hydrogen-bond acceptors (Lipinski definition) is 2. The van der Waals surface area contributed by atoms with Crippen LogP contribution in [-0.2, 0) is 6.54 Å². The van der Waals surface area contributed by atoms with Crippen LogP contribution >= 0.6 is 11.6 Å². The molecule has 4 heteroatoms. The lowest BCUT2D eigenvalue weighted by Gasteiger charge is -2.11. The van der Waals surface area contributed by atoms with Gasteiger partial charge in [0.2, 0.25) is 0 Å². The third kappa shape index (κ3) is 2.38. The van der Waals surface area contributed by atoms with Gasteiger partial charge < -0.3 is 4.57 Å². The Morgan fingerprint density at radius 3 is 2.79 bits per heavy atom. The Balaban J connectivity index is 1.92. The molecule has 3 aromatic rings. The summed E-state index contributed by atoms with van der Waals surface area (Å²) in [6.45, 7) is 2.09. The zero-order valence-electron chi connectivity index (χ0n) is 13.2. The van der Waals surface area contributed by atoms with E-state index in [1.54, 1.807) is 6.92 Å². The lowest BCUT2D eigenvalue weighted by atomic mass is 10.0. The molecule has 0 fully saturated rings. The molecule has 118 valence electrons. The second-order valence-electron chi connectivity index (χ2n) is 5.80. The maximum Gasteiger partial charge on any atom is 0.159 e. The van der Waals surface area contributed by atoms with Gasteiger partial charge in [-0.3, -0.25) is 9.79 Å². The molecule has 1 aliphatic rings. The molecule has 1 aliphatic heterocycles. The monoisotopic (exact) mass is 334 g/mol. The molecule has 24 heavy (non-hydrogen) atoms. The standard InChI is InChI=1S/C20H15ClN2O/c1-13(24)14-5-2-6-15(11-14)20-19-9-4-10-23(19)18-8-3-7-17(21)16(18)12-22-20/h2-11H,12H2,1H3. The number of carbonyl (C=O) groups is 1. The van der Waals surface area contributed by atoms with Gasteiger partial charge in [-0.15, -0.1) is 0 Å². The van der Waals surface area contributed by atoms with E-state index in [1.165, 1.54) is 0 Å². The van der Waals surface area contributed by atoms with Gasteiger partial charge in [0, 0.05) is 27.9 Å². The molecule has 2 heterocycles. The highest BCUT2D eigenvalue weighted by molar-refractivity contribution is 6.31. The molecule has 1 aromatic heterocycles. The van der Waals surface area contributed by atoms with Crippen molar-refractivity contribution in [3.8, 4) is 5.69 Å². The molecule has 0 spiro atoms. The Kier molecular flexibility index (Phi) is 3.58. The first-order valence-corrected chi connectivity index (χ1v) is 8.14. The van der Waals surface area contributed by atoms with Gasteiger partial charge in [-0.1, -0.05) is 35.9 Å². The summed E-state index contributed by atoms with van der Waals surface area (Å²) in [5.41, 5.74) is 5.55. The third-order valence-electron chi connectivity index (χ3n) is 4.28. The molecular formula is C20H15ClN2O. The van der Waals surface area contributed by atoms with Gasteiger partial charge in [-0.25, -0.2) is 0 Å². The van der Waals surface area contributed by atoms with Crippen molar-refractivity contribution in [3.63, 3.8) is 0 Å². The summed E-state index contributed by atoms with van der Waals surface area (Å²) in [6.07, 6.45) is 2.01. The lowest BCUT2D eigenvalue weighted by molar-refractivity contribution is 0.101. The Hall–Kier alpha value is -2.65. The fraction of sp³-hybridized carbons (Fsp3) is 0.100. The van der Waals surface area contributed by atoms with Crippen LogP contribution in [0.25, 0.3) is 5.69 Å². The second kappa shape index (κ2) is 5.77. The zero-order chi connectivity index (χ0) is 16.7. The number of ketones is 1. The molecule has 4 rings (SSSR count). The van der Waals surface area contributed by atoms with Crippen molar-refractivity contribution in [3.05, 3.63) is 88.2 Å². The van der Waals surface area contributed by atoms with E-state index >= 15 is 0 Å². The number of hydrogen-bond donors (Lipinski definition) is 0. The van der Waals surface area contributed by atoms with Crippen LogP contribution in [0.5, 0.6) is 0 Å². The van der Waals surface area contributed by atoms with Crippen LogP contribution in [0, 0.1) is 0 Å². The molecule has 0 unspecified atom stereocenters. The molecule has 0 aliphatic carbocycles. The van der Waals surface area contributed by atoms with Crippen LogP contribution in [-0.4, -0.2) is 16.1 Å². The van der Waals surface area contributed by atoms with E-state index in [9.17, 15) is 4.79 Å². The molecule has 0 bridgehead atoms. The van der Waals surface area contributed by atoms with Crippen LogP contribution in [0.1, 0.15) is 34.1 Å². The minimum Gasteiger partial charge on any atom is -0.315 e. The SMILES string of the molecule is CC(=O)c1cccc(C2=NCc3c(Cl)cccc3-n3cccc32)c1. The molecule has 0 atom stereocenters. The fourth-order valence-corrected chi connectivity index (χ4v) is 3.31. The normalized spacial score (nSPS) is 12.8. The highest BCUT2D eigenvalue weighted by Crippen LogP contribution is 2.29. The quantitative estimate of drug-likeness (QED) is 0.626. The molecule has 0 amide bonds. The van der Waals surface area contributed by atoms with Gasteiger partial charge in [0.25, 0.3) is 0 Å². The molecule has 0 saturated heterocycles. The summed E-state index contributed by atoms with van der Waals surface area (Å²) in [6, 6.07) is 17.5. The zero-order valence-corrected chi connectivity index (χ0v) is 13.9. The molecule has 3 nitrogen and oxygen atoms in total. The van der Waals surface area contributed by atoms with Gasteiger partial charge in [-0.2, -0.15) is 0 Å². The first-order chi connectivity index (χ1) is 11.6. The van der Waals surface area contributed by atoms with E-state index in [2.05, 4.69) is 10.6 Å². The number of nitrogens with zero attached hydrogens (tertiary/aromatic N) is 2. The highest BCUT2D eigenvalue weighted by Gasteiger charge is 2.19. The third-order valence-corrected chi connectivity index (χ3v) is 4.64. The smallest absolute Gasteiger partial charge is 0.159 e. The first-order valence-electron chi connectivity index (χ1n) is 7.76. The Morgan fingerprint density at radius 2 is 1.96 bits per heavy atom. The average molecular weight is 335 g/mol. The van der Waals surface area contributed by atoms with E-state index in [1.807, 2.05) is 54.7 Å². The summed E-state index contributed by atoms with van der Waals surface area (Å²) in [5.74, 6) is 0.0489. The predicted molar refractivity (Wildman–Crippen MR) is 96.6 cm³/mol. The van der Waals surface area contributed by atoms with Crippen LogP contribution in [0.15, 0.2) is 65.8 Å². The highest BCUT2D eigenvalue weighted by atomic mass is 35.5. The van der Waals surface area contributed by atoms with E-state index in [4.69, 9.17) is 16.6 Å². The van der Waals surface area contributed by atoms with E-state index in [0.29, 0.717) is 12.1 Å². The van der Waals surface area contributed by atoms with Gasteiger partial charge >= 0.3 is 0 Å². The van der Waals surface area contributed by atoms with Crippen molar-refractivity contribution in [2.45, 2.75) is 13.5 Å². The molecule has 0 N–H and O–H groups in total. The van der Waals surface area contributed by atoms with Gasteiger partial charge in [0.05, 0.1) is 23.6 Å². The molecule has 2 aromatic carbocycles. The second-order valence-corrected chi connectivity index (χ2v) is 6.21. The maximum atomic E-state index is 11.7. The first kappa shape index (κ1) is 14.9. The summed E-state index contributed by atoms with van der Waals surface area (Å²) < 4.78 is 2.10. The number of carbonyl (C=O) groups excluding carboxylic acids is 1. The minimum absolute atomic E-state index is 0.0489. The van der Waals surface area contributed by atoms with Crippen LogP contribution in [0.2, 0.25) is 5.02 Å². The minimum atomic E-state index is 0.0489. The summed E-state index contributed by atoms with van der Waals surface area (Å²) >= 11 is 6.38. The predicted octanol–water partition coefficient (Wildman–Crippen LogP) is 4.68. The topological polar surface area (TPSA) is 34.4 Å². The molecule has 0 saturated carbocycles. The van der Waals surface area contributed by atoms with E-state index < -0.39 is 0 Å². The number of halogens is 1.